The number of rotatable bonds is 5. The molecular weight excluding hydrogens is 395 g/mol. The van der Waals surface area contributed by atoms with Crippen molar-refractivity contribution >= 4 is 22.6 Å². The molecule has 0 saturated heterocycles. The first kappa shape index (κ1) is 18.3. The molecule has 0 unspecified atom stereocenters. The Bertz CT molecular complexity index is 666. The van der Waals surface area contributed by atoms with Crippen LogP contribution in [0.2, 0.25) is 0 Å². The molecule has 2 heteroatoms. The topological polar surface area (TPSA) is 9.23 Å². The molecule has 0 saturated carbocycles. The van der Waals surface area contributed by atoms with Crippen molar-refractivity contribution in [3.63, 3.8) is 0 Å². The fourth-order valence-corrected chi connectivity index (χ4v) is 3.32. The van der Waals surface area contributed by atoms with Crippen molar-refractivity contribution in [2.75, 3.05) is 7.11 Å². The average Bonchev–Trinajstić information content (AvgIpc) is 2.53. The van der Waals surface area contributed by atoms with Crippen LogP contribution in [0.25, 0.3) is 0 Å². The molecule has 0 heterocycles. The molecule has 0 aliphatic heterocycles. The van der Waals surface area contributed by atoms with E-state index < -0.39 is 0 Å². The Kier molecular flexibility index (Phi) is 5.44. The van der Waals surface area contributed by atoms with Crippen molar-refractivity contribution in [1.82, 2.24) is 0 Å². The zero-order valence-corrected chi connectivity index (χ0v) is 17.2. The Morgan fingerprint density at radius 2 is 1.57 bits per heavy atom. The van der Waals surface area contributed by atoms with E-state index in [0.29, 0.717) is 0 Å². The van der Waals surface area contributed by atoms with Gasteiger partial charge in [0.15, 0.2) is 0 Å². The summed E-state index contributed by atoms with van der Waals surface area (Å²) in [4.78, 5) is 0. The maximum atomic E-state index is 5.84. The number of alkyl halides is 1. The summed E-state index contributed by atoms with van der Waals surface area (Å²) in [5.74, 6) is 1.03. The predicted molar refractivity (Wildman–Crippen MR) is 108 cm³/mol. The van der Waals surface area contributed by atoms with E-state index in [4.69, 9.17) is 4.74 Å². The number of methoxy groups -OCH3 is 1. The van der Waals surface area contributed by atoms with Gasteiger partial charge in [-0.15, -0.1) is 0 Å². The Hall–Kier alpha value is -1.03. The summed E-state index contributed by atoms with van der Waals surface area (Å²) in [5.41, 5.74) is 5.12. The molecule has 0 spiro atoms. The van der Waals surface area contributed by atoms with Crippen LogP contribution in [0.15, 0.2) is 42.5 Å². The molecule has 2 aromatic rings. The number of hydrogen-bond donors (Lipinski definition) is 0. The summed E-state index contributed by atoms with van der Waals surface area (Å²) in [6.07, 6.45) is 0.974. The summed E-state index contributed by atoms with van der Waals surface area (Å²) < 4.78 is 5.93. The lowest BCUT2D eigenvalue weighted by molar-refractivity contribution is 0.395. The number of benzene rings is 2. The smallest absolute Gasteiger partial charge is 0.126 e. The molecular formula is C21H27IO. The van der Waals surface area contributed by atoms with Gasteiger partial charge in [0.2, 0.25) is 0 Å². The first-order valence-corrected chi connectivity index (χ1v) is 9.26. The number of aryl methyl sites for hydroxylation is 1. The van der Waals surface area contributed by atoms with E-state index in [1.807, 2.05) is 0 Å². The van der Waals surface area contributed by atoms with E-state index in [-0.39, 0.29) is 8.84 Å². The molecule has 0 N–H and O–H groups in total. The van der Waals surface area contributed by atoms with E-state index in [9.17, 15) is 0 Å². The third-order valence-electron chi connectivity index (χ3n) is 4.61. The Morgan fingerprint density at radius 1 is 0.957 bits per heavy atom. The minimum Gasteiger partial charge on any atom is -0.496 e. The Labute approximate surface area is 154 Å². The minimum atomic E-state index is -0.103. The zero-order chi connectivity index (χ0) is 17.3. The van der Waals surface area contributed by atoms with Crippen molar-refractivity contribution in [3.05, 3.63) is 64.7 Å². The maximum Gasteiger partial charge on any atom is 0.126 e. The highest BCUT2D eigenvalue weighted by molar-refractivity contribution is 14.1. The fraction of sp³-hybridized carbons (Fsp3) is 0.429. The monoisotopic (exact) mass is 422 g/mol. The third kappa shape index (κ3) is 3.73. The zero-order valence-electron chi connectivity index (χ0n) is 15.0. The van der Waals surface area contributed by atoms with Gasteiger partial charge in [0, 0.05) is 14.4 Å². The number of hydrogen-bond acceptors (Lipinski definition) is 1. The van der Waals surface area contributed by atoms with Crippen molar-refractivity contribution in [1.29, 1.82) is 0 Å². The summed E-state index contributed by atoms with van der Waals surface area (Å²) in [6, 6.07) is 15.3. The fourth-order valence-electron chi connectivity index (χ4n) is 3.01. The van der Waals surface area contributed by atoms with Crippen LogP contribution in [0, 0.1) is 0 Å². The first-order chi connectivity index (χ1) is 10.7. The molecule has 0 bridgehead atoms. The van der Waals surface area contributed by atoms with Crippen LogP contribution in [-0.2, 0) is 15.3 Å². The average molecular weight is 422 g/mol. The maximum absolute atomic E-state index is 5.84. The summed E-state index contributed by atoms with van der Waals surface area (Å²) in [7, 11) is 1.79. The van der Waals surface area contributed by atoms with Gasteiger partial charge >= 0.3 is 0 Å². The second-order valence-corrected chi connectivity index (χ2v) is 9.73. The van der Waals surface area contributed by atoms with Gasteiger partial charge in [-0.05, 0) is 43.0 Å². The van der Waals surface area contributed by atoms with E-state index in [1.165, 1.54) is 22.3 Å². The van der Waals surface area contributed by atoms with Gasteiger partial charge in [-0.25, -0.2) is 0 Å². The van der Waals surface area contributed by atoms with Gasteiger partial charge in [0.25, 0.3) is 0 Å². The lowest BCUT2D eigenvalue weighted by Gasteiger charge is -2.31. The normalized spacial score (nSPS) is 12.3. The van der Waals surface area contributed by atoms with Crippen molar-refractivity contribution < 1.29 is 4.74 Å². The Balaban J connectivity index is 2.73. The first-order valence-electron chi connectivity index (χ1n) is 8.18. The van der Waals surface area contributed by atoms with Gasteiger partial charge in [-0.2, -0.15) is 0 Å². The standard InChI is InChI=1S/C21H27IO/c1-7-15-13-17(21(4,5)22)14-18(19(15)23-6)20(2,3)16-11-9-8-10-12-16/h8-14H,7H2,1-6H3. The molecule has 0 fully saturated rings. The highest BCUT2D eigenvalue weighted by atomic mass is 127. The second-order valence-electron chi connectivity index (χ2n) is 7.03. The molecule has 23 heavy (non-hydrogen) atoms. The highest BCUT2D eigenvalue weighted by Crippen LogP contribution is 2.43. The van der Waals surface area contributed by atoms with Crippen LogP contribution in [0.5, 0.6) is 5.75 Å². The van der Waals surface area contributed by atoms with Crippen molar-refractivity contribution in [2.24, 2.45) is 0 Å². The van der Waals surface area contributed by atoms with Crippen LogP contribution in [-0.4, -0.2) is 7.11 Å². The van der Waals surface area contributed by atoms with Crippen molar-refractivity contribution in [2.45, 2.75) is 49.9 Å². The van der Waals surface area contributed by atoms with E-state index in [2.05, 4.69) is 99.7 Å². The molecule has 2 aromatic carbocycles. The molecule has 1 nitrogen and oxygen atoms in total. The SMILES string of the molecule is CCc1cc(C(C)(C)I)cc(C(C)(C)c2ccccc2)c1OC. The minimum absolute atomic E-state index is 0.0927. The molecule has 0 amide bonds. The van der Waals surface area contributed by atoms with E-state index in [1.54, 1.807) is 7.11 Å². The lowest BCUT2D eigenvalue weighted by Crippen LogP contribution is -2.22. The second kappa shape index (κ2) is 6.84. The van der Waals surface area contributed by atoms with Gasteiger partial charge in [-0.1, -0.05) is 79.8 Å². The van der Waals surface area contributed by atoms with Gasteiger partial charge in [0.05, 0.1) is 7.11 Å². The van der Waals surface area contributed by atoms with E-state index >= 15 is 0 Å². The molecule has 0 aromatic heterocycles. The van der Waals surface area contributed by atoms with Crippen LogP contribution in [0.4, 0.5) is 0 Å². The molecule has 0 aliphatic rings. The number of ether oxygens (including phenoxy) is 1. The molecule has 0 radical (unpaired) electrons. The predicted octanol–water partition coefficient (Wildman–Crippen LogP) is 6.25. The van der Waals surface area contributed by atoms with Gasteiger partial charge in [0.1, 0.15) is 5.75 Å². The van der Waals surface area contributed by atoms with E-state index in [0.717, 1.165) is 12.2 Å². The van der Waals surface area contributed by atoms with Gasteiger partial charge < -0.3 is 4.74 Å². The molecule has 124 valence electrons. The van der Waals surface area contributed by atoms with Crippen LogP contribution >= 0.6 is 22.6 Å². The largest absolute Gasteiger partial charge is 0.496 e. The number of halogens is 1. The van der Waals surface area contributed by atoms with Gasteiger partial charge in [-0.3, -0.25) is 0 Å². The highest BCUT2D eigenvalue weighted by Gasteiger charge is 2.30. The Morgan fingerprint density at radius 3 is 2.04 bits per heavy atom. The molecule has 0 aliphatic carbocycles. The quantitative estimate of drug-likeness (QED) is 0.409. The third-order valence-corrected chi connectivity index (χ3v) is 5.23. The summed E-state index contributed by atoms with van der Waals surface area (Å²) in [5, 5.41) is 0. The lowest BCUT2D eigenvalue weighted by atomic mass is 9.75. The van der Waals surface area contributed by atoms with Crippen molar-refractivity contribution in [3.8, 4) is 5.75 Å². The van der Waals surface area contributed by atoms with Crippen LogP contribution in [0.3, 0.4) is 0 Å². The molecule has 2 rings (SSSR count). The summed E-state index contributed by atoms with van der Waals surface area (Å²) in [6.45, 7) is 11.3. The van der Waals surface area contributed by atoms with Crippen LogP contribution < -0.4 is 4.74 Å². The van der Waals surface area contributed by atoms with Crippen LogP contribution in [0.1, 0.15) is 56.9 Å². The summed E-state index contributed by atoms with van der Waals surface area (Å²) >= 11 is 2.52. The molecule has 0 atom stereocenters.